The van der Waals surface area contributed by atoms with Gasteiger partial charge in [-0.05, 0) is 70.9 Å². The van der Waals surface area contributed by atoms with Crippen molar-refractivity contribution in [2.24, 2.45) is 0 Å². The van der Waals surface area contributed by atoms with E-state index >= 15 is 0 Å². The van der Waals surface area contributed by atoms with E-state index in [4.69, 9.17) is 4.74 Å². The van der Waals surface area contributed by atoms with Crippen LogP contribution in [0.4, 0.5) is 0 Å². The lowest BCUT2D eigenvalue weighted by Gasteiger charge is -2.14. The van der Waals surface area contributed by atoms with E-state index in [1.54, 1.807) is 20.8 Å². The zero-order valence-corrected chi connectivity index (χ0v) is 19.3. The van der Waals surface area contributed by atoms with Crippen LogP contribution in [0, 0.1) is 13.8 Å². The number of aromatic amines is 1. The van der Waals surface area contributed by atoms with E-state index in [-0.39, 0.29) is 28.0 Å². The number of esters is 1. The predicted molar refractivity (Wildman–Crippen MR) is 116 cm³/mol. The van der Waals surface area contributed by atoms with Crippen LogP contribution in [-0.2, 0) is 14.8 Å². The third kappa shape index (κ3) is 5.48. The monoisotopic (exact) mass is 448 g/mol. The second kappa shape index (κ2) is 9.57. The zero-order valence-electron chi connectivity index (χ0n) is 18.5. The van der Waals surface area contributed by atoms with Gasteiger partial charge in [-0.2, -0.15) is 0 Å². The highest BCUT2D eigenvalue weighted by Gasteiger charge is 2.26. The number of aromatic nitrogens is 1. The van der Waals surface area contributed by atoms with Crippen LogP contribution in [0.1, 0.15) is 76.6 Å². The van der Waals surface area contributed by atoms with Gasteiger partial charge in [0.25, 0.3) is 0 Å². The van der Waals surface area contributed by atoms with Gasteiger partial charge >= 0.3 is 5.97 Å². The Labute approximate surface area is 182 Å². The van der Waals surface area contributed by atoms with Gasteiger partial charge < -0.3 is 9.72 Å². The lowest BCUT2D eigenvalue weighted by atomic mass is 10.0. The van der Waals surface area contributed by atoms with E-state index < -0.39 is 27.9 Å². The van der Waals surface area contributed by atoms with E-state index in [1.165, 1.54) is 38.1 Å². The fourth-order valence-electron chi connectivity index (χ4n) is 3.20. The van der Waals surface area contributed by atoms with Gasteiger partial charge in [0.15, 0.2) is 11.9 Å². The van der Waals surface area contributed by atoms with Crippen molar-refractivity contribution in [3.63, 3.8) is 0 Å². The van der Waals surface area contributed by atoms with Gasteiger partial charge in [0.1, 0.15) is 0 Å². The number of ketones is 2. The van der Waals surface area contributed by atoms with Crippen molar-refractivity contribution in [1.29, 1.82) is 0 Å². The molecule has 0 saturated heterocycles. The fraction of sp³-hybridized carbons (Fsp3) is 0.409. The summed E-state index contributed by atoms with van der Waals surface area (Å²) in [5.74, 6) is -1.38. The highest BCUT2D eigenvalue weighted by atomic mass is 32.2. The van der Waals surface area contributed by atoms with Crippen LogP contribution in [-0.4, -0.2) is 43.1 Å². The Morgan fingerprint density at radius 2 is 1.68 bits per heavy atom. The molecule has 0 spiro atoms. The molecule has 0 aliphatic carbocycles. The molecule has 1 heterocycles. The van der Waals surface area contributed by atoms with Crippen molar-refractivity contribution >= 4 is 27.6 Å². The number of Topliss-reactive ketones (excluding diaryl/α,β-unsaturated/α-hetero) is 2. The van der Waals surface area contributed by atoms with Gasteiger partial charge in [-0.25, -0.2) is 17.9 Å². The van der Waals surface area contributed by atoms with Crippen molar-refractivity contribution in [3.05, 3.63) is 52.3 Å². The molecule has 2 N–H and O–H groups in total. The molecule has 0 fully saturated rings. The summed E-state index contributed by atoms with van der Waals surface area (Å²) in [6, 6.07) is 5.08. The van der Waals surface area contributed by atoms with E-state index in [2.05, 4.69) is 9.71 Å². The van der Waals surface area contributed by atoms with E-state index in [0.717, 1.165) is 0 Å². The molecule has 0 bridgehead atoms. The van der Waals surface area contributed by atoms with Crippen LogP contribution in [0.3, 0.4) is 0 Å². The van der Waals surface area contributed by atoms with E-state index in [0.29, 0.717) is 23.2 Å². The van der Waals surface area contributed by atoms with Crippen molar-refractivity contribution < 1.29 is 27.5 Å². The Balaban J connectivity index is 2.14. The summed E-state index contributed by atoms with van der Waals surface area (Å²) in [6.07, 6.45) is -0.456. The molecule has 1 aromatic heterocycles. The molecule has 0 aliphatic rings. The number of rotatable bonds is 9. The van der Waals surface area contributed by atoms with Crippen molar-refractivity contribution in [2.75, 3.05) is 0 Å². The smallest absolute Gasteiger partial charge is 0.338 e. The Morgan fingerprint density at radius 3 is 2.16 bits per heavy atom. The first kappa shape index (κ1) is 24.5. The van der Waals surface area contributed by atoms with Gasteiger partial charge in [0.2, 0.25) is 15.8 Å². The van der Waals surface area contributed by atoms with E-state index in [9.17, 15) is 22.8 Å². The van der Waals surface area contributed by atoms with E-state index in [1.807, 2.05) is 6.92 Å². The zero-order chi connectivity index (χ0) is 23.5. The molecule has 2 unspecified atom stereocenters. The molecule has 2 rings (SSSR count). The normalized spacial score (nSPS) is 13.5. The number of nitrogens with one attached hydrogen (secondary N) is 2. The van der Waals surface area contributed by atoms with Crippen molar-refractivity contribution in [2.45, 2.75) is 65.0 Å². The summed E-state index contributed by atoms with van der Waals surface area (Å²) in [4.78, 5) is 39.9. The lowest BCUT2D eigenvalue weighted by molar-refractivity contribution is 0.0317. The topological polar surface area (TPSA) is 122 Å². The molecule has 0 amide bonds. The minimum absolute atomic E-state index is 0.0303. The Hall–Kier alpha value is -2.78. The first-order chi connectivity index (χ1) is 14.4. The number of H-pyrrole nitrogens is 1. The summed E-state index contributed by atoms with van der Waals surface area (Å²) >= 11 is 0. The second-order valence-corrected chi connectivity index (χ2v) is 9.26. The number of sulfonamides is 1. The number of aryl methyl sites for hydroxylation is 1. The summed E-state index contributed by atoms with van der Waals surface area (Å²) in [6.45, 7) is 9.85. The van der Waals surface area contributed by atoms with Crippen LogP contribution in [0.15, 0.2) is 29.2 Å². The van der Waals surface area contributed by atoms with Gasteiger partial charge in [0, 0.05) is 17.3 Å². The molecule has 9 heteroatoms. The first-order valence-electron chi connectivity index (χ1n) is 9.96. The number of hydrogen-bond donors (Lipinski definition) is 2. The van der Waals surface area contributed by atoms with Gasteiger partial charge in [0.05, 0.1) is 16.2 Å². The quantitative estimate of drug-likeness (QED) is 0.448. The molecular formula is C22H28N2O6S. The number of carbonyl (C=O) groups excluding carboxylic acids is 3. The molecule has 31 heavy (non-hydrogen) atoms. The molecule has 0 saturated carbocycles. The summed E-state index contributed by atoms with van der Waals surface area (Å²) in [5, 5.41) is 0. The summed E-state index contributed by atoms with van der Waals surface area (Å²) < 4.78 is 32.4. The molecule has 0 aliphatic heterocycles. The predicted octanol–water partition coefficient (Wildman–Crippen LogP) is 3.34. The van der Waals surface area contributed by atoms with Gasteiger partial charge in [-0.1, -0.05) is 6.92 Å². The maximum Gasteiger partial charge on any atom is 0.338 e. The Morgan fingerprint density at radius 1 is 1.10 bits per heavy atom. The van der Waals surface area contributed by atoms with Crippen LogP contribution >= 0.6 is 0 Å². The standard InChI is InChI=1S/C22H28N2O6S/c1-7-12(2)24-31(28,29)18-10-8-17(9-11-18)22(27)30-16(6)21(26)20-13(3)19(15(5)25)14(4)23-20/h8-12,16,23-24H,7H2,1-6H3. The number of ether oxygens (including phenoxy) is 1. The average Bonchev–Trinajstić information content (AvgIpc) is 3.00. The molecule has 2 atom stereocenters. The average molecular weight is 449 g/mol. The number of benzene rings is 1. The van der Waals surface area contributed by atoms with Crippen LogP contribution in [0.5, 0.6) is 0 Å². The van der Waals surface area contributed by atoms with Crippen LogP contribution in [0.2, 0.25) is 0 Å². The molecular weight excluding hydrogens is 420 g/mol. The highest BCUT2D eigenvalue weighted by Crippen LogP contribution is 2.21. The molecule has 0 radical (unpaired) electrons. The van der Waals surface area contributed by atoms with Gasteiger partial charge in [-0.3, -0.25) is 9.59 Å². The minimum Gasteiger partial charge on any atom is -0.451 e. The first-order valence-corrected chi connectivity index (χ1v) is 11.4. The highest BCUT2D eigenvalue weighted by molar-refractivity contribution is 7.89. The van der Waals surface area contributed by atoms with Crippen molar-refractivity contribution in [3.8, 4) is 0 Å². The summed E-state index contributed by atoms with van der Waals surface area (Å²) in [5.41, 5.74) is 1.88. The Bertz CT molecular complexity index is 1100. The van der Waals surface area contributed by atoms with Crippen molar-refractivity contribution in [1.82, 2.24) is 9.71 Å². The molecule has 1 aromatic carbocycles. The molecule has 168 valence electrons. The maximum absolute atomic E-state index is 12.7. The lowest BCUT2D eigenvalue weighted by Crippen LogP contribution is -2.32. The molecule has 2 aromatic rings. The largest absolute Gasteiger partial charge is 0.451 e. The summed E-state index contributed by atoms with van der Waals surface area (Å²) in [7, 11) is -3.69. The fourth-order valence-corrected chi connectivity index (χ4v) is 4.52. The third-order valence-corrected chi connectivity index (χ3v) is 6.66. The number of carbonyl (C=O) groups is 3. The van der Waals surface area contributed by atoms with Crippen LogP contribution < -0.4 is 4.72 Å². The second-order valence-electron chi connectivity index (χ2n) is 7.55. The third-order valence-electron chi connectivity index (χ3n) is 5.06. The Kier molecular flexibility index (Phi) is 7.56. The SMILES string of the molecule is CCC(C)NS(=O)(=O)c1ccc(C(=O)OC(C)C(=O)c2[nH]c(C)c(C(C)=O)c2C)cc1. The number of hydrogen-bond acceptors (Lipinski definition) is 6. The molecule has 8 nitrogen and oxygen atoms in total. The maximum atomic E-state index is 12.7. The minimum atomic E-state index is -3.69. The van der Waals surface area contributed by atoms with Gasteiger partial charge in [-0.15, -0.1) is 0 Å². The van der Waals surface area contributed by atoms with Crippen LogP contribution in [0.25, 0.3) is 0 Å².